The molecule has 0 saturated heterocycles. The van der Waals surface area contributed by atoms with Gasteiger partial charge in [-0.3, -0.25) is 4.79 Å². The van der Waals surface area contributed by atoms with Gasteiger partial charge in [-0.2, -0.15) is 0 Å². The highest BCUT2D eigenvalue weighted by Gasteiger charge is 2.15. The van der Waals surface area contributed by atoms with E-state index in [9.17, 15) is 9.59 Å². The van der Waals surface area contributed by atoms with E-state index < -0.39 is 5.91 Å². The van der Waals surface area contributed by atoms with Crippen molar-refractivity contribution in [3.63, 3.8) is 0 Å². The lowest BCUT2D eigenvalue weighted by Crippen LogP contribution is -2.39. The Bertz CT molecular complexity index is 508. The summed E-state index contributed by atoms with van der Waals surface area (Å²) in [5, 5.41) is 5.78. The van der Waals surface area contributed by atoms with E-state index in [1.807, 2.05) is 0 Å². The number of carbonyl (C=O) groups is 2. The molecular weight excluding hydrogens is 254 g/mol. The molecule has 1 fully saturated rings. The summed E-state index contributed by atoms with van der Waals surface area (Å²) in [4.78, 5) is 23.0. The molecule has 1 aliphatic rings. The van der Waals surface area contributed by atoms with Gasteiger partial charge < -0.3 is 16.4 Å². The second kappa shape index (κ2) is 6.41. The Morgan fingerprint density at radius 2 is 1.90 bits per heavy atom. The Kier molecular flexibility index (Phi) is 4.61. The van der Waals surface area contributed by atoms with Crippen LogP contribution in [0.3, 0.4) is 0 Å². The Balaban J connectivity index is 1.93. The highest BCUT2D eigenvalue weighted by atomic mass is 16.2. The van der Waals surface area contributed by atoms with Gasteiger partial charge in [-0.25, -0.2) is 4.79 Å². The molecule has 1 aliphatic carbocycles. The summed E-state index contributed by atoms with van der Waals surface area (Å²) < 4.78 is 0. The van der Waals surface area contributed by atoms with Crippen LogP contribution >= 0.6 is 0 Å². The summed E-state index contributed by atoms with van der Waals surface area (Å²) in [5.41, 5.74) is 7.15. The zero-order valence-corrected chi connectivity index (χ0v) is 11.7. The fourth-order valence-corrected chi connectivity index (χ4v) is 2.62. The SMILES string of the molecule is Cc1cc(NC(=O)NC2CCCCC2)ccc1C(N)=O. The molecule has 3 amide bonds. The van der Waals surface area contributed by atoms with Crippen LogP contribution in [0, 0.1) is 6.92 Å². The minimum atomic E-state index is -0.458. The lowest BCUT2D eigenvalue weighted by atomic mass is 9.96. The predicted molar refractivity (Wildman–Crippen MR) is 78.7 cm³/mol. The van der Waals surface area contributed by atoms with E-state index in [1.54, 1.807) is 25.1 Å². The van der Waals surface area contributed by atoms with E-state index in [2.05, 4.69) is 10.6 Å². The van der Waals surface area contributed by atoms with Gasteiger partial charge in [0.05, 0.1) is 0 Å². The molecule has 0 aromatic heterocycles. The van der Waals surface area contributed by atoms with E-state index in [1.165, 1.54) is 19.3 Å². The number of rotatable bonds is 3. The topological polar surface area (TPSA) is 84.2 Å². The quantitative estimate of drug-likeness (QED) is 0.792. The monoisotopic (exact) mass is 275 g/mol. The zero-order valence-electron chi connectivity index (χ0n) is 11.7. The van der Waals surface area contributed by atoms with Crippen molar-refractivity contribution < 1.29 is 9.59 Å². The van der Waals surface area contributed by atoms with Crippen LogP contribution in [0.25, 0.3) is 0 Å². The van der Waals surface area contributed by atoms with E-state index in [-0.39, 0.29) is 12.1 Å². The zero-order chi connectivity index (χ0) is 14.5. The van der Waals surface area contributed by atoms with Crippen molar-refractivity contribution in [1.29, 1.82) is 0 Å². The van der Waals surface area contributed by atoms with Gasteiger partial charge in [0.15, 0.2) is 0 Å². The third-order valence-corrected chi connectivity index (χ3v) is 3.69. The van der Waals surface area contributed by atoms with Crippen molar-refractivity contribution in [3.8, 4) is 0 Å². The average molecular weight is 275 g/mol. The van der Waals surface area contributed by atoms with Gasteiger partial charge in [-0.15, -0.1) is 0 Å². The number of hydrogen-bond acceptors (Lipinski definition) is 2. The summed E-state index contributed by atoms with van der Waals surface area (Å²) in [7, 11) is 0. The van der Waals surface area contributed by atoms with Gasteiger partial charge in [0.1, 0.15) is 0 Å². The molecule has 0 aliphatic heterocycles. The first-order valence-electron chi connectivity index (χ1n) is 7.04. The number of benzene rings is 1. The molecular formula is C15H21N3O2. The standard InChI is InChI=1S/C15H21N3O2/c1-10-9-12(7-8-13(10)14(16)19)18-15(20)17-11-5-3-2-4-6-11/h7-9,11H,2-6H2,1H3,(H2,16,19)(H2,17,18,20). The summed E-state index contributed by atoms with van der Waals surface area (Å²) in [5.74, 6) is -0.458. The number of amides is 3. The van der Waals surface area contributed by atoms with Crippen molar-refractivity contribution >= 4 is 17.6 Å². The smallest absolute Gasteiger partial charge is 0.319 e. The van der Waals surface area contributed by atoms with E-state index in [0.717, 1.165) is 18.4 Å². The minimum Gasteiger partial charge on any atom is -0.366 e. The largest absolute Gasteiger partial charge is 0.366 e. The molecule has 20 heavy (non-hydrogen) atoms. The lowest BCUT2D eigenvalue weighted by Gasteiger charge is -2.22. The molecule has 2 rings (SSSR count). The van der Waals surface area contributed by atoms with E-state index >= 15 is 0 Å². The highest BCUT2D eigenvalue weighted by Crippen LogP contribution is 2.18. The summed E-state index contributed by atoms with van der Waals surface area (Å²) in [6.45, 7) is 1.80. The van der Waals surface area contributed by atoms with Gasteiger partial charge >= 0.3 is 6.03 Å². The molecule has 0 atom stereocenters. The first kappa shape index (κ1) is 14.4. The van der Waals surface area contributed by atoms with Gasteiger partial charge in [0, 0.05) is 17.3 Å². The number of nitrogens with one attached hydrogen (secondary N) is 2. The number of carbonyl (C=O) groups excluding carboxylic acids is 2. The van der Waals surface area contributed by atoms with Crippen LogP contribution in [-0.2, 0) is 0 Å². The molecule has 0 bridgehead atoms. The van der Waals surface area contributed by atoms with Crippen LogP contribution in [0.2, 0.25) is 0 Å². The number of primary amides is 1. The van der Waals surface area contributed by atoms with Crippen molar-refractivity contribution in [2.45, 2.75) is 45.1 Å². The Labute approximate surface area is 118 Å². The van der Waals surface area contributed by atoms with E-state index in [4.69, 9.17) is 5.73 Å². The Morgan fingerprint density at radius 3 is 2.50 bits per heavy atom. The maximum Gasteiger partial charge on any atom is 0.319 e. The molecule has 0 spiro atoms. The summed E-state index contributed by atoms with van der Waals surface area (Å²) in [6.07, 6.45) is 5.71. The fraction of sp³-hybridized carbons (Fsp3) is 0.467. The van der Waals surface area contributed by atoms with Crippen LogP contribution < -0.4 is 16.4 Å². The molecule has 0 radical (unpaired) electrons. The van der Waals surface area contributed by atoms with Crippen molar-refractivity contribution in [2.75, 3.05) is 5.32 Å². The van der Waals surface area contributed by atoms with Crippen molar-refractivity contribution in [3.05, 3.63) is 29.3 Å². The molecule has 5 nitrogen and oxygen atoms in total. The number of hydrogen-bond donors (Lipinski definition) is 3. The minimum absolute atomic E-state index is 0.192. The van der Waals surface area contributed by atoms with Gasteiger partial charge in [0.25, 0.3) is 0 Å². The maximum atomic E-state index is 11.9. The first-order valence-corrected chi connectivity index (χ1v) is 7.04. The van der Waals surface area contributed by atoms with Crippen LogP contribution in [0.15, 0.2) is 18.2 Å². The number of urea groups is 1. The maximum absolute atomic E-state index is 11.9. The lowest BCUT2D eigenvalue weighted by molar-refractivity contribution is 0.0999. The first-order chi connectivity index (χ1) is 9.56. The highest BCUT2D eigenvalue weighted by molar-refractivity contribution is 5.96. The molecule has 108 valence electrons. The van der Waals surface area contributed by atoms with Gasteiger partial charge in [-0.1, -0.05) is 19.3 Å². The second-order valence-electron chi connectivity index (χ2n) is 5.33. The molecule has 1 aromatic carbocycles. The van der Waals surface area contributed by atoms with Crippen molar-refractivity contribution in [1.82, 2.24) is 5.32 Å². The molecule has 1 aromatic rings. The van der Waals surface area contributed by atoms with Crippen molar-refractivity contribution in [2.24, 2.45) is 5.73 Å². The van der Waals surface area contributed by atoms with Crippen LogP contribution in [0.4, 0.5) is 10.5 Å². The van der Waals surface area contributed by atoms with Crippen LogP contribution in [-0.4, -0.2) is 18.0 Å². The average Bonchev–Trinajstić information content (AvgIpc) is 2.39. The third-order valence-electron chi connectivity index (χ3n) is 3.69. The van der Waals surface area contributed by atoms with Gasteiger partial charge in [0.2, 0.25) is 5.91 Å². The third kappa shape index (κ3) is 3.73. The van der Waals surface area contributed by atoms with E-state index in [0.29, 0.717) is 11.3 Å². The summed E-state index contributed by atoms with van der Waals surface area (Å²) >= 11 is 0. The normalized spacial score (nSPS) is 15.7. The Morgan fingerprint density at radius 1 is 1.20 bits per heavy atom. The molecule has 5 heteroatoms. The van der Waals surface area contributed by atoms with Crippen LogP contribution in [0.5, 0.6) is 0 Å². The molecule has 1 saturated carbocycles. The summed E-state index contributed by atoms with van der Waals surface area (Å²) in [6, 6.07) is 5.15. The van der Waals surface area contributed by atoms with Gasteiger partial charge in [-0.05, 0) is 43.5 Å². The molecule has 0 heterocycles. The number of aryl methyl sites for hydroxylation is 1. The number of anilines is 1. The molecule has 4 N–H and O–H groups in total. The van der Waals surface area contributed by atoms with Crippen LogP contribution in [0.1, 0.15) is 48.0 Å². The second-order valence-corrected chi connectivity index (χ2v) is 5.33. The predicted octanol–water partition coefficient (Wildman–Crippen LogP) is 2.55. The Hall–Kier alpha value is -2.04. The fourth-order valence-electron chi connectivity index (χ4n) is 2.62. The molecule has 0 unspecified atom stereocenters. The number of nitrogens with two attached hydrogens (primary N) is 1.